The van der Waals surface area contributed by atoms with Gasteiger partial charge in [0.15, 0.2) is 0 Å². The summed E-state index contributed by atoms with van der Waals surface area (Å²) in [5.41, 5.74) is 5.90. The van der Waals surface area contributed by atoms with Crippen LogP contribution in [0.2, 0.25) is 0 Å². The fourth-order valence-electron chi connectivity index (χ4n) is 1.96. The maximum atomic E-state index is 5.90. The third-order valence-corrected chi connectivity index (χ3v) is 2.66. The molecule has 3 heteroatoms. The van der Waals surface area contributed by atoms with E-state index < -0.39 is 0 Å². The van der Waals surface area contributed by atoms with Crippen LogP contribution < -0.4 is 5.73 Å². The lowest BCUT2D eigenvalue weighted by Gasteiger charge is -2.26. The third-order valence-electron chi connectivity index (χ3n) is 2.66. The molecule has 0 amide bonds. The van der Waals surface area contributed by atoms with E-state index in [-0.39, 0.29) is 12.4 Å². The molecule has 1 aliphatic heterocycles. The predicted molar refractivity (Wildman–Crippen MR) is 42.3 cm³/mol. The molecule has 0 radical (unpaired) electrons. The fraction of sp³-hybridized carbons (Fsp3) is 1.00. The molecule has 2 rings (SSSR count). The molecule has 2 N–H and O–H groups in total. The molecule has 2 aliphatic rings. The Labute approximate surface area is 67.5 Å². The second kappa shape index (κ2) is 3.07. The molecule has 60 valence electrons. The normalized spacial score (nSPS) is 44.7. The van der Waals surface area contributed by atoms with E-state index in [1.165, 1.54) is 12.8 Å². The number of rotatable bonds is 0. The van der Waals surface area contributed by atoms with E-state index in [2.05, 4.69) is 0 Å². The van der Waals surface area contributed by atoms with Gasteiger partial charge in [0.2, 0.25) is 0 Å². The molecule has 1 saturated carbocycles. The van der Waals surface area contributed by atoms with Crippen molar-refractivity contribution in [2.24, 2.45) is 17.6 Å². The van der Waals surface area contributed by atoms with Gasteiger partial charge in [0, 0.05) is 6.04 Å². The van der Waals surface area contributed by atoms with Crippen molar-refractivity contribution >= 4 is 12.4 Å². The van der Waals surface area contributed by atoms with Crippen LogP contribution in [0.1, 0.15) is 12.8 Å². The van der Waals surface area contributed by atoms with Crippen molar-refractivity contribution in [3.63, 3.8) is 0 Å². The average Bonchev–Trinajstić information content (AvgIpc) is 2.19. The summed E-state index contributed by atoms with van der Waals surface area (Å²) >= 11 is 0. The lowest BCUT2D eigenvalue weighted by atomic mass is 9.98. The Morgan fingerprint density at radius 1 is 1.10 bits per heavy atom. The molecule has 1 saturated heterocycles. The molecule has 0 aromatic rings. The zero-order valence-corrected chi connectivity index (χ0v) is 6.77. The minimum atomic E-state index is 0. The maximum Gasteiger partial charge on any atom is 0.0509 e. The first-order chi connectivity index (χ1) is 4.38. The van der Waals surface area contributed by atoms with Gasteiger partial charge in [0.05, 0.1) is 13.2 Å². The second-order valence-corrected chi connectivity index (χ2v) is 3.21. The fourth-order valence-corrected chi connectivity index (χ4v) is 1.96. The number of halogens is 1. The Balaban J connectivity index is 0.000000500. The highest BCUT2D eigenvalue weighted by atomic mass is 35.5. The summed E-state index contributed by atoms with van der Waals surface area (Å²) in [5.74, 6) is 1.37. The SMILES string of the molecule is Cl.NC1[C@@H]2CC[C@H]1COC2. The lowest BCUT2D eigenvalue weighted by molar-refractivity contribution is 0.0342. The summed E-state index contributed by atoms with van der Waals surface area (Å²) in [6, 6.07) is 0.457. The molecule has 2 fully saturated rings. The van der Waals surface area contributed by atoms with E-state index >= 15 is 0 Å². The molecule has 0 spiro atoms. The smallest absolute Gasteiger partial charge is 0.0509 e. The van der Waals surface area contributed by atoms with Crippen molar-refractivity contribution in [2.75, 3.05) is 13.2 Å². The Hall–Kier alpha value is 0.210. The van der Waals surface area contributed by atoms with Gasteiger partial charge in [-0.3, -0.25) is 0 Å². The summed E-state index contributed by atoms with van der Waals surface area (Å²) in [5, 5.41) is 0. The molecule has 0 aromatic carbocycles. The standard InChI is InChI=1S/C7H13NO.ClH/c8-7-5-1-2-6(7)4-9-3-5;/h5-7H,1-4,8H2;1H/t5-,6+,7?;. The summed E-state index contributed by atoms with van der Waals surface area (Å²) < 4.78 is 5.35. The minimum absolute atomic E-state index is 0. The van der Waals surface area contributed by atoms with Gasteiger partial charge in [0.25, 0.3) is 0 Å². The van der Waals surface area contributed by atoms with Gasteiger partial charge in [-0.05, 0) is 24.7 Å². The molecular formula is C7H14ClNO. The first-order valence-electron chi connectivity index (χ1n) is 3.71. The van der Waals surface area contributed by atoms with E-state index in [9.17, 15) is 0 Å². The van der Waals surface area contributed by atoms with Gasteiger partial charge in [-0.15, -0.1) is 12.4 Å². The predicted octanol–water partition coefficient (Wildman–Crippen LogP) is 0.792. The summed E-state index contributed by atoms with van der Waals surface area (Å²) in [4.78, 5) is 0. The third kappa shape index (κ3) is 1.16. The minimum Gasteiger partial charge on any atom is -0.381 e. The van der Waals surface area contributed by atoms with Crippen LogP contribution in [0.3, 0.4) is 0 Å². The molecule has 3 atom stereocenters. The Bertz CT molecular complexity index is 104. The van der Waals surface area contributed by atoms with Gasteiger partial charge in [-0.25, -0.2) is 0 Å². The largest absolute Gasteiger partial charge is 0.381 e. The van der Waals surface area contributed by atoms with E-state index in [1.807, 2.05) is 0 Å². The van der Waals surface area contributed by atoms with Crippen molar-refractivity contribution in [3.8, 4) is 0 Å². The molecule has 2 bridgehead atoms. The van der Waals surface area contributed by atoms with Crippen molar-refractivity contribution in [2.45, 2.75) is 18.9 Å². The van der Waals surface area contributed by atoms with Crippen LogP contribution in [-0.4, -0.2) is 19.3 Å². The van der Waals surface area contributed by atoms with Crippen LogP contribution in [-0.2, 0) is 4.74 Å². The molecule has 10 heavy (non-hydrogen) atoms. The number of ether oxygens (including phenoxy) is 1. The van der Waals surface area contributed by atoms with E-state index in [0.29, 0.717) is 17.9 Å². The van der Waals surface area contributed by atoms with Gasteiger partial charge >= 0.3 is 0 Å². The Morgan fingerprint density at radius 3 is 2.00 bits per heavy atom. The maximum absolute atomic E-state index is 5.90. The molecule has 1 heterocycles. The van der Waals surface area contributed by atoms with Crippen LogP contribution in [0.25, 0.3) is 0 Å². The van der Waals surface area contributed by atoms with Crippen LogP contribution >= 0.6 is 12.4 Å². The molecular weight excluding hydrogens is 150 g/mol. The van der Waals surface area contributed by atoms with Crippen molar-refractivity contribution in [1.29, 1.82) is 0 Å². The molecule has 0 aromatic heterocycles. The number of hydrogen-bond donors (Lipinski definition) is 1. The lowest BCUT2D eigenvalue weighted by Crippen LogP contribution is -2.40. The average molecular weight is 164 g/mol. The number of hydrogen-bond acceptors (Lipinski definition) is 2. The van der Waals surface area contributed by atoms with Gasteiger partial charge < -0.3 is 10.5 Å². The zero-order valence-electron chi connectivity index (χ0n) is 5.95. The van der Waals surface area contributed by atoms with Crippen molar-refractivity contribution < 1.29 is 4.74 Å². The Kier molecular flexibility index (Phi) is 2.55. The van der Waals surface area contributed by atoms with Crippen molar-refractivity contribution in [3.05, 3.63) is 0 Å². The van der Waals surface area contributed by atoms with E-state index in [4.69, 9.17) is 10.5 Å². The van der Waals surface area contributed by atoms with Gasteiger partial charge in [0.1, 0.15) is 0 Å². The summed E-state index contributed by atoms with van der Waals surface area (Å²) in [6.45, 7) is 1.83. The van der Waals surface area contributed by atoms with Crippen LogP contribution in [0.4, 0.5) is 0 Å². The monoisotopic (exact) mass is 163 g/mol. The van der Waals surface area contributed by atoms with Gasteiger partial charge in [-0.2, -0.15) is 0 Å². The highest BCUT2D eigenvalue weighted by Gasteiger charge is 2.36. The van der Waals surface area contributed by atoms with E-state index in [0.717, 1.165) is 13.2 Å². The summed E-state index contributed by atoms with van der Waals surface area (Å²) in [7, 11) is 0. The first-order valence-corrected chi connectivity index (χ1v) is 3.71. The number of nitrogens with two attached hydrogens (primary N) is 1. The second-order valence-electron chi connectivity index (χ2n) is 3.21. The quantitative estimate of drug-likeness (QED) is 0.573. The highest BCUT2D eigenvalue weighted by molar-refractivity contribution is 5.85. The van der Waals surface area contributed by atoms with Crippen molar-refractivity contribution in [1.82, 2.24) is 0 Å². The zero-order chi connectivity index (χ0) is 6.27. The summed E-state index contributed by atoms with van der Waals surface area (Å²) in [6.07, 6.45) is 2.59. The Morgan fingerprint density at radius 2 is 1.60 bits per heavy atom. The van der Waals surface area contributed by atoms with Crippen LogP contribution in [0.5, 0.6) is 0 Å². The highest BCUT2D eigenvalue weighted by Crippen LogP contribution is 2.33. The molecule has 1 unspecified atom stereocenters. The van der Waals surface area contributed by atoms with E-state index in [1.54, 1.807) is 0 Å². The number of fused-ring (bicyclic) bond motifs is 2. The topological polar surface area (TPSA) is 35.2 Å². The molecule has 1 aliphatic carbocycles. The van der Waals surface area contributed by atoms with Crippen LogP contribution in [0.15, 0.2) is 0 Å². The first kappa shape index (κ1) is 8.31. The van der Waals surface area contributed by atoms with Gasteiger partial charge in [-0.1, -0.05) is 0 Å². The van der Waals surface area contributed by atoms with Crippen LogP contribution in [0, 0.1) is 11.8 Å². The molecule has 2 nitrogen and oxygen atoms in total.